The monoisotopic (exact) mass is 227 g/mol. The van der Waals surface area contributed by atoms with E-state index in [1.807, 2.05) is 0 Å². The molecule has 0 N–H and O–H groups in total. The van der Waals surface area contributed by atoms with E-state index in [1.54, 1.807) is 6.92 Å². The fourth-order valence-corrected chi connectivity index (χ4v) is 0.922. The molecule has 0 aliphatic heterocycles. The Morgan fingerprint density at radius 2 is 1.87 bits per heavy atom. The highest BCUT2D eigenvalue weighted by Gasteiger charge is 2.42. The summed E-state index contributed by atoms with van der Waals surface area (Å²) in [6.45, 7) is 0.796. The van der Waals surface area contributed by atoms with Crippen molar-refractivity contribution >= 4 is 11.9 Å². The molecule has 0 aromatic heterocycles. The lowest BCUT2D eigenvalue weighted by molar-refractivity contribution is -0.186. The number of carbonyl (C=O) groups excluding carboxylic acids is 2. The number of halogens is 3. The Bertz CT molecular complexity index is 240. The quantitative estimate of drug-likeness (QED) is 0.672. The third-order valence-corrected chi connectivity index (χ3v) is 1.57. The lowest BCUT2D eigenvalue weighted by Crippen LogP contribution is -2.44. The number of esters is 1. The van der Waals surface area contributed by atoms with Gasteiger partial charge in [-0.3, -0.25) is 9.59 Å². The number of hydrogen-bond donors (Lipinski definition) is 0. The predicted octanol–water partition coefficient (Wildman–Crippen LogP) is 0.960. The minimum Gasteiger partial charge on any atom is -0.468 e. The van der Waals surface area contributed by atoms with Crippen LogP contribution in [0.15, 0.2) is 0 Å². The van der Waals surface area contributed by atoms with E-state index in [0.29, 0.717) is 11.3 Å². The molecular weight excluding hydrogens is 215 g/mol. The van der Waals surface area contributed by atoms with Crippen LogP contribution in [0.2, 0.25) is 0 Å². The summed E-state index contributed by atoms with van der Waals surface area (Å²) in [6.07, 6.45) is -4.62. The maximum Gasteiger partial charge on any atom is 0.471 e. The molecule has 0 fully saturated rings. The number of methoxy groups -OCH3 is 1. The van der Waals surface area contributed by atoms with Gasteiger partial charge in [0, 0.05) is 6.54 Å². The van der Waals surface area contributed by atoms with Crippen LogP contribution in [0.5, 0.6) is 0 Å². The molecule has 0 atom stereocenters. The van der Waals surface area contributed by atoms with Gasteiger partial charge in [0.15, 0.2) is 0 Å². The summed E-state index contributed by atoms with van der Waals surface area (Å²) in [7, 11) is 1.05. The lowest BCUT2D eigenvalue weighted by atomic mass is 10.3. The van der Waals surface area contributed by atoms with Gasteiger partial charge in [-0.15, -0.1) is 0 Å². The summed E-state index contributed by atoms with van der Waals surface area (Å²) in [6, 6.07) is 0. The summed E-state index contributed by atoms with van der Waals surface area (Å²) in [5.41, 5.74) is 0. The van der Waals surface area contributed by atoms with Crippen LogP contribution in [0, 0.1) is 0 Å². The van der Waals surface area contributed by atoms with Crippen LogP contribution in [-0.4, -0.2) is 43.2 Å². The zero-order valence-corrected chi connectivity index (χ0v) is 8.43. The zero-order chi connectivity index (χ0) is 12.1. The second kappa shape index (κ2) is 5.57. The molecule has 0 aliphatic carbocycles. The Kier molecular flexibility index (Phi) is 5.10. The molecule has 0 saturated heterocycles. The molecule has 0 saturated carbocycles. The molecule has 0 spiro atoms. The first-order valence-corrected chi connectivity index (χ1v) is 4.25. The van der Waals surface area contributed by atoms with Crippen LogP contribution in [0.25, 0.3) is 0 Å². The van der Waals surface area contributed by atoms with Gasteiger partial charge in [-0.25, -0.2) is 0 Å². The van der Waals surface area contributed by atoms with Crippen LogP contribution in [0.1, 0.15) is 13.3 Å². The van der Waals surface area contributed by atoms with Gasteiger partial charge in [-0.1, -0.05) is 6.92 Å². The van der Waals surface area contributed by atoms with Gasteiger partial charge in [0.1, 0.15) is 6.54 Å². The van der Waals surface area contributed by atoms with Crippen LogP contribution in [-0.2, 0) is 14.3 Å². The maximum absolute atomic E-state index is 12.0. The van der Waals surface area contributed by atoms with Crippen molar-refractivity contribution in [2.24, 2.45) is 0 Å². The van der Waals surface area contributed by atoms with Crippen LogP contribution in [0.4, 0.5) is 13.2 Å². The number of ether oxygens (including phenoxy) is 1. The summed E-state index contributed by atoms with van der Waals surface area (Å²) >= 11 is 0. The Morgan fingerprint density at radius 3 is 2.20 bits per heavy atom. The Balaban J connectivity index is 4.52. The molecule has 4 nitrogen and oxygen atoms in total. The number of nitrogens with zero attached hydrogens (tertiary/aromatic N) is 1. The number of alkyl halides is 3. The molecule has 0 rings (SSSR count). The molecule has 1 amide bonds. The molecular formula is C8H12F3NO3. The topological polar surface area (TPSA) is 46.6 Å². The van der Waals surface area contributed by atoms with Crippen molar-refractivity contribution in [3.63, 3.8) is 0 Å². The molecule has 0 aromatic rings. The van der Waals surface area contributed by atoms with E-state index >= 15 is 0 Å². The molecule has 7 heteroatoms. The van der Waals surface area contributed by atoms with Gasteiger partial charge in [0.25, 0.3) is 0 Å². The summed E-state index contributed by atoms with van der Waals surface area (Å²) in [5.74, 6) is -2.89. The van der Waals surface area contributed by atoms with Crippen molar-refractivity contribution in [2.75, 3.05) is 20.2 Å². The Morgan fingerprint density at radius 1 is 1.33 bits per heavy atom. The highest BCUT2D eigenvalue weighted by molar-refractivity contribution is 5.85. The normalized spacial score (nSPS) is 11.0. The molecule has 0 heterocycles. The van der Waals surface area contributed by atoms with Gasteiger partial charge in [-0.2, -0.15) is 13.2 Å². The van der Waals surface area contributed by atoms with Gasteiger partial charge >= 0.3 is 18.1 Å². The highest BCUT2D eigenvalue weighted by atomic mass is 19.4. The van der Waals surface area contributed by atoms with Crippen molar-refractivity contribution in [2.45, 2.75) is 19.5 Å². The third kappa shape index (κ3) is 4.66. The predicted molar refractivity (Wildman–Crippen MR) is 44.9 cm³/mol. The number of rotatable bonds is 4. The van der Waals surface area contributed by atoms with Crippen LogP contribution in [0.3, 0.4) is 0 Å². The fraction of sp³-hybridized carbons (Fsp3) is 0.750. The molecule has 0 aliphatic rings. The first-order chi connectivity index (χ1) is 6.82. The van der Waals surface area contributed by atoms with Crippen molar-refractivity contribution in [1.29, 1.82) is 0 Å². The van der Waals surface area contributed by atoms with Crippen molar-refractivity contribution in [3.05, 3.63) is 0 Å². The van der Waals surface area contributed by atoms with Gasteiger partial charge in [0.05, 0.1) is 7.11 Å². The average Bonchev–Trinajstić information content (AvgIpc) is 2.14. The Hall–Kier alpha value is -1.27. The third-order valence-electron chi connectivity index (χ3n) is 1.57. The number of carbonyl (C=O) groups is 2. The van der Waals surface area contributed by atoms with E-state index in [1.165, 1.54) is 0 Å². The van der Waals surface area contributed by atoms with Crippen molar-refractivity contribution in [1.82, 2.24) is 4.90 Å². The summed E-state index contributed by atoms with van der Waals surface area (Å²) < 4.78 is 40.3. The van der Waals surface area contributed by atoms with Gasteiger partial charge in [-0.05, 0) is 6.42 Å². The molecule has 0 bridgehead atoms. The van der Waals surface area contributed by atoms with E-state index < -0.39 is 24.6 Å². The SMILES string of the molecule is CCCN(CC(=O)OC)C(=O)C(F)(F)F. The van der Waals surface area contributed by atoms with Crippen LogP contribution >= 0.6 is 0 Å². The minimum absolute atomic E-state index is 0.132. The minimum atomic E-state index is -4.96. The first-order valence-electron chi connectivity index (χ1n) is 4.25. The zero-order valence-electron chi connectivity index (χ0n) is 8.43. The number of hydrogen-bond acceptors (Lipinski definition) is 3. The molecule has 15 heavy (non-hydrogen) atoms. The molecule has 0 radical (unpaired) electrons. The van der Waals surface area contributed by atoms with E-state index in [4.69, 9.17) is 0 Å². The highest BCUT2D eigenvalue weighted by Crippen LogP contribution is 2.18. The second-order valence-corrected chi connectivity index (χ2v) is 2.80. The molecule has 0 aromatic carbocycles. The fourth-order valence-electron chi connectivity index (χ4n) is 0.922. The maximum atomic E-state index is 12.0. The number of amides is 1. The Labute approximate surface area is 85.0 Å². The standard InChI is InChI=1S/C8H12F3NO3/c1-3-4-12(5-6(13)15-2)7(14)8(9,10)11/h3-5H2,1-2H3. The van der Waals surface area contributed by atoms with Crippen molar-refractivity contribution < 1.29 is 27.5 Å². The summed E-state index contributed by atoms with van der Waals surface area (Å²) in [5, 5.41) is 0. The molecule has 88 valence electrons. The smallest absolute Gasteiger partial charge is 0.468 e. The lowest BCUT2D eigenvalue weighted by Gasteiger charge is -2.21. The summed E-state index contributed by atoms with van der Waals surface area (Å²) in [4.78, 5) is 22.0. The average molecular weight is 227 g/mol. The second-order valence-electron chi connectivity index (χ2n) is 2.80. The largest absolute Gasteiger partial charge is 0.471 e. The van der Waals surface area contributed by atoms with Gasteiger partial charge in [0.2, 0.25) is 0 Å². The van der Waals surface area contributed by atoms with E-state index in [9.17, 15) is 22.8 Å². The first kappa shape index (κ1) is 13.7. The molecule has 0 unspecified atom stereocenters. The van der Waals surface area contributed by atoms with Gasteiger partial charge < -0.3 is 9.64 Å². The van der Waals surface area contributed by atoms with E-state index in [0.717, 1.165) is 7.11 Å². The van der Waals surface area contributed by atoms with Crippen LogP contribution < -0.4 is 0 Å². The van der Waals surface area contributed by atoms with Crippen molar-refractivity contribution in [3.8, 4) is 0 Å². The van der Waals surface area contributed by atoms with E-state index in [-0.39, 0.29) is 6.54 Å². The van der Waals surface area contributed by atoms with E-state index in [2.05, 4.69) is 4.74 Å².